The van der Waals surface area contributed by atoms with Gasteiger partial charge in [-0.1, -0.05) is 25.1 Å². The highest BCUT2D eigenvalue weighted by atomic mass is 16.6. The first-order chi connectivity index (χ1) is 21.7. The molecule has 2 aromatic rings. The normalized spacial score (nSPS) is 32.3. The smallest absolute Gasteiger partial charge is 0.339 e. The molecule has 1 aromatic heterocycles. The first-order valence-electron chi connectivity index (χ1n) is 15.3. The van der Waals surface area contributed by atoms with E-state index in [1.807, 2.05) is 20.8 Å². The average Bonchev–Trinajstić information content (AvgIpc) is 3.26. The molecule has 8 atom stereocenters. The third-order valence-corrected chi connectivity index (χ3v) is 9.57. The molecule has 2 bridgehead atoms. The van der Waals surface area contributed by atoms with E-state index in [0.717, 1.165) is 0 Å². The standard InChI is InChI=1S/C34H39NO11/c1-19-15-26(42-20(2)36)28(44-22(4)38)33(18-41-30(39)24-13-10-14-35-17-24)29(45-31(40)23-11-8-7-9-12-23)27(43-21(3)37)25-16-34(19,33)46-32(25,5)6/h7-14,17,19,25-29H,15-16,18H2,1-6H3/t19-,25+,26+,27+,28+,29-,33+,34+/m1/s1. The maximum absolute atomic E-state index is 13.9. The zero-order chi connectivity index (χ0) is 33.4. The van der Waals surface area contributed by atoms with E-state index in [1.54, 1.807) is 36.4 Å². The Bertz CT molecular complexity index is 1490. The summed E-state index contributed by atoms with van der Waals surface area (Å²) in [4.78, 5) is 69.3. The van der Waals surface area contributed by atoms with Crippen LogP contribution in [0.25, 0.3) is 0 Å². The number of aromatic nitrogens is 1. The monoisotopic (exact) mass is 637 g/mol. The number of esters is 5. The van der Waals surface area contributed by atoms with Gasteiger partial charge < -0.3 is 28.4 Å². The minimum atomic E-state index is -1.73. The molecule has 2 saturated carbocycles. The lowest BCUT2D eigenvalue weighted by atomic mass is 9.48. The molecule has 1 aromatic carbocycles. The molecule has 1 spiro atoms. The third-order valence-electron chi connectivity index (χ3n) is 9.57. The van der Waals surface area contributed by atoms with Crippen LogP contribution < -0.4 is 0 Å². The highest BCUT2D eigenvalue weighted by molar-refractivity contribution is 5.90. The molecule has 0 unspecified atom stereocenters. The van der Waals surface area contributed by atoms with Gasteiger partial charge in [-0.2, -0.15) is 0 Å². The topological polar surface area (TPSA) is 154 Å². The number of ether oxygens (including phenoxy) is 6. The molecule has 5 rings (SSSR count). The fourth-order valence-electron chi connectivity index (χ4n) is 7.84. The number of fused-ring (bicyclic) bond motifs is 1. The van der Waals surface area contributed by atoms with Crippen molar-refractivity contribution in [2.24, 2.45) is 17.3 Å². The summed E-state index contributed by atoms with van der Waals surface area (Å²) in [6, 6.07) is 11.3. The summed E-state index contributed by atoms with van der Waals surface area (Å²) in [5.41, 5.74) is -3.60. The maximum Gasteiger partial charge on any atom is 0.339 e. The van der Waals surface area contributed by atoms with Crippen molar-refractivity contribution in [1.82, 2.24) is 4.98 Å². The number of hydrogen-bond acceptors (Lipinski definition) is 12. The van der Waals surface area contributed by atoms with Gasteiger partial charge in [-0.25, -0.2) is 9.59 Å². The van der Waals surface area contributed by atoms with Gasteiger partial charge in [-0.15, -0.1) is 0 Å². The lowest BCUT2D eigenvalue weighted by molar-refractivity contribution is -0.306. The Kier molecular flexibility index (Phi) is 8.96. The molecule has 2 aliphatic carbocycles. The van der Waals surface area contributed by atoms with Gasteiger partial charge in [-0.3, -0.25) is 19.4 Å². The fraction of sp³-hybridized carbons (Fsp3) is 0.529. The van der Waals surface area contributed by atoms with Gasteiger partial charge in [0, 0.05) is 39.1 Å². The number of carbonyl (C=O) groups excluding carboxylic acids is 5. The molecule has 0 radical (unpaired) electrons. The molecule has 12 heteroatoms. The average molecular weight is 638 g/mol. The summed E-state index contributed by atoms with van der Waals surface area (Å²) >= 11 is 0. The van der Waals surface area contributed by atoms with Crippen molar-refractivity contribution in [3.05, 3.63) is 66.0 Å². The van der Waals surface area contributed by atoms with Crippen LogP contribution in [0.2, 0.25) is 0 Å². The van der Waals surface area contributed by atoms with Crippen molar-refractivity contribution >= 4 is 29.8 Å². The Labute approximate surface area is 267 Å². The van der Waals surface area contributed by atoms with Crippen LogP contribution >= 0.6 is 0 Å². The Morgan fingerprint density at radius 2 is 1.48 bits per heavy atom. The molecular formula is C34H39NO11. The van der Waals surface area contributed by atoms with E-state index in [1.165, 1.54) is 39.2 Å². The Hall–Kier alpha value is -4.32. The molecule has 246 valence electrons. The molecule has 3 aliphatic rings. The highest BCUT2D eigenvalue weighted by Gasteiger charge is 2.81. The van der Waals surface area contributed by atoms with Crippen LogP contribution in [0.1, 0.15) is 75.1 Å². The predicted octanol–water partition coefficient (Wildman–Crippen LogP) is 3.85. The highest BCUT2D eigenvalue weighted by Crippen LogP contribution is 2.68. The van der Waals surface area contributed by atoms with E-state index in [-0.39, 0.29) is 24.0 Å². The van der Waals surface area contributed by atoms with Crippen LogP contribution in [0.5, 0.6) is 0 Å². The van der Waals surface area contributed by atoms with E-state index in [2.05, 4.69) is 4.98 Å². The van der Waals surface area contributed by atoms with E-state index < -0.39 is 89.3 Å². The SMILES string of the molecule is CC(=O)O[C@@H]1[C@@H](OC(=O)c2ccccc2)[C@]2(COC(=O)c3cccnc3)[C@@H](OC(C)=O)[C@@H](OC(C)=O)C[C@@H](C)[C@@]23C[C@@H]1C(C)(C)O3. The molecule has 12 nitrogen and oxygen atoms in total. The number of benzene rings is 1. The molecule has 46 heavy (non-hydrogen) atoms. The van der Waals surface area contributed by atoms with Crippen LogP contribution in [0, 0.1) is 17.3 Å². The van der Waals surface area contributed by atoms with Crippen LogP contribution in [0.15, 0.2) is 54.9 Å². The van der Waals surface area contributed by atoms with Crippen molar-refractivity contribution in [3.63, 3.8) is 0 Å². The number of carbonyl (C=O) groups is 5. The Morgan fingerprint density at radius 1 is 0.826 bits per heavy atom. The van der Waals surface area contributed by atoms with E-state index >= 15 is 0 Å². The summed E-state index contributed by atoms with van der Waals surface area (Å²) in [5.74, 6) is -4.41. The summed E-state index contributed by atoms with van der Waals surface area (Å²) in [7, 11) is 0. The summed E-state index contributed by atoms with van der Waals surface area (Å²) in [6.07, 6.45) is -1.60. The van der Waals surface area contributed by atoms with E-state index in [4.69, 9.17) is 28.4 Å². The van der Waals surface area contributed by atoms with Crippen LogP contribution in [-0.2, 0) is 42.8 Å². The van der Waals surface area contributed by atoms with Crippen molar-refractivity contribution in [1.29, 1.82) is 0 Å². The van der Waals surface area contributed by atoms with Crippen LogP contribution in [0.3, 0.4) is 0 Å². The second kappa shape index (κ2) is 12.5. The van der Waals surface area contributed by atoms with Crippen LogP contribution in [-0.4, -0.2) is 77.1 Å². The van der Waals surface area contributed by atoms with E-state index in [9.17, 15) is 24.0 Å². The predicted molar refractivity (Wildman–Crippen MR) is 159 cm³/mol. The zero-order valence-electron chi connectivity index (χ0n) is 26.7. The Balaban J connectivity index is 1.77. The summed E-state index contributed by atoms with van der Waals surface area (Å²) < 4.78 is 37.1. The quantitative estimate of drug-likeness (QED) is 0.305. The van der Waals surface area contributed by atoms with Gasteiger partial charge in [0.15, 0.2) is 12.2 Å². The minimum absolute atomic E-state index is 0.146. The van der Waals surface area contributed by atoms with Gasteiger partial charge in [0.1, 0.15) is 24.2 Å². The Morgan fingerprint density at radius 3 is 2.09 bits per heavy atom. The van der Waals surface area contributed by atoms with Gasteiger partial charge in [0.25, 0.3) is 0 Å². The summed E-state index contributed by atoms with van der Waals surface area (Å²) in [6.45, 7) is 8.75. The second-order valence-electron chi connectivity index (χ2n) is 12.8. The number of nitrogens with zero attached hydrogens (tertiary/aromatic N) is 1. The van der Waals surface area contributed by atoms with Crippen molar-refractivity contribution < 1.29 is 52.4 Å². The molecule has 1 saturated heterocycles. The molecule has 2 heterocycles. The van der Waals surface area contributed by atoms with Crippen molar-refractivity contribution in [2.45, 2.75) is 90.0 Å². The lowest BCUT2D eigenvalue weighted by Gasteiger charge is -2.62. The molecule has 0 N–H and O–H groups in total. The lowest BCUT2D eigenvalue weighted by Crippen LogP contribution is -2.77. The fourth-order valence-corrected chi connectivity index (χ4v) is 7.84. The largest absolute Gasteiger partial charge is 0.461 e. The van der Waals surface area contributed by atoms with Gasteiger partial charge in [0.2, 0.25) is 0 Å². The summed E-state index contributed by atoms with van der Waals surface area (Å²) in [5, 5.41) is 0. The first kappa shape index (κ1) is 33.1. The first-order valence-corrected chi connectivity index (χ1v) is 15.3. The second-order valence-corrected chi connectivity index (χ2v) is 12.8. The zero-order valence-corrected chi connectivity index (χ0v) is 26.7. The maximum atomic E-state index is 13.9. The van der Waals surface area contributed by atoms with Gasteiger partial charge in [-0.05, 0) is 56.9 Å². The number of hydrogen-bond donors (Lipinski definition) is 0. The van der Waals surface area contributed by atoms with Crippen molar-refractivity contribution in [3.8, 4) is 0 Å². The van der Waals surface area contributed by atoms with Crippen molar-refractivity contribution in [2.75, 3.05) is 6.61 Å². The molecule has 3 fully saturated rings. The van der Waals surface area contributed by atoms with Gasteiger partial charge in [0.05, 0.1) is 22.3 Å². The third kappa shape index (κ3) is 5.74. The van der Waals surface area contributed by atoms with Gasteiger partial charge >= 0.3 is 29.8 Å². The van der Waals surface area contributed by atoms with E-state index in [0.29, 0.717) is 0 Å². The number of pyridine rings is 1. The number of rotatable bonds is 8. The van der Waals surface area contributed by atoms with Crippen LogP contribution in [0.4, 0.5) is 0 Å². The molecular weight excluding hydrogens is 598 g/mol. The molecule has 1 aliphatic heterocycles. The molecule has 0 amide bonds. The minimum Gasteiger partial charge on any atom is -0.461 e.